The van der Waals surface area contributed by atoms with Gasteiger partial charge in [-0.05, 0) is 18.9 Å². The van der Waals surface area contributed by atoms with Crippen LogP contribution in [-0.4, -0.2) is 64.4 Å². The zero-order valence-corrected chi connectivity index (χ0v) is 11.7. The molecule has 0 amide bonds. The van der Waals surface area contributed by atoms with Gasteiger partial charge in [-0.15, -0.1) is 0 Å². The summed E-state index contributed by atoms with van der Waals surface area (Å²) in [6.45, 7) is 1.85. The summed E-state index contributed by atoms with van der Waals surface area (Å²) in [5.74, 6) is -0.525. The van der Waals surface area contributed by atoms with Crippen LogP contribution in [0.15, 0.2) is 18.5 Å². The molecule has 2 fully saturated rings. The molecule has 2 heterocycles. The van der Waals surface area contributed by atoms with Crippen LogP contribution in [0.4, 0.5) is 0 Å². The normalized spacial score (nSPS) is 29.0. The molecule has 1 aliphatic carbocycles. The van der Waals surface area contributed by atoms with E-state index >= 15 is 0 Å². The smallest absolute Gasteiger partial charge is 0.317 e. The van der Waals surface area contributed by atoms with Gasteiger partial charge in [0.15, 0.2) is 0 Å². The molecule has 2 aliphatic rings. The van der Waals surface area contributed by atoms with Gasteiger partial charge in [0.05, 0.1) is 25.9 Å². The lowest BCUT2D eigenvalue weighted by atomic mass is 10.0. The van der Waals surface area contributed by atoms with Gasteiger partial charge in [0.1, 0.15) is 0 Å². The summed E-state index contributed by atoms with van der Waals surface area (Å²) in [5, 5.41) is 8.98. The van der Waals surface area contributed by atoms with Crippen molar-refractivity contribution >= 4 is 5.97 Å². The molecule has 1 saturated carbocycles. The number of carboxylic acid groups (broad SMARTS) is 1. The molecule has 1 aromatic rings. The van der Waals surface area contributed by atoms with E-state index in [1.807, 2.05) is 4.90 Å². The highest BCUT2D eigenvalue weighted by molar-refractivity contribution is 5.69. The Morgan fingerprint density at radius 2 is 2.24 bits per heavy atom. The summed E-state index contributed by atoms with van der Waals surface area (Å²) in [7, 11) is 0. The molecule has 3 atom stereocenters. The summed E-state index contributed by atoms with van der Waals surface area (Å²) in [4.78, 5) is 21.0. The second kappa shape index (κ2) is 6.36. The minimum Gasteiger partial charge on any atom is -0.480 e. The van der Waals surface area contributed by atoms with Gasteiger partial charge in [0.25, 0.3) is 0 Å². The number of rotatable bonds is 5. The first-order valence-corrected chi connectivity index (χ1v) is 7.21. The molecule has 1 N–H and O–H groups in total. The fraction of sp³-hybridized carbons (Fsp3) is 0.643. The summed E-state index contributed by atoms with van der Waals surface area (Å²) >= 11 is 0. The number of ether oxygens (including phenoxy) is 2. The van der Waals surface area contributed by atoms with Crippen LogP contribution < -0.4 is 4.74 Å². The number of morpholine rings is 1. The average Bonchev–Trinajstić information content (AvgIpc) is 2.90. The second-order valence-electron chi connectivity index (χ2n) is 5.45. The lowest BCUT2D eigenvalue weighted by molar-refractivity contribution is -0.143. The van der Waals surface area contributed by atoms with E-state index < -0.39 is 5.97 Å². The van der Waals surface area contributed by atoms with Crippen LogP contribution in [0.3, 0.4) is 0 Å². The van der Waals surface area contributed by atoms with Crippen LogP contribution in [0, 0.1) is 5.92 Å². The third-order valence-corrected chi connectivity index (χ3v) is 4.14. The number of fused-ring (bicyclic) bond motifs is 1. The van der Waals surface area contributed by atoms with Crippen LogP contribution in [0.2, 0.25) is 0 Å². The van der Waals surface area contributed by atoms with Crippen LogP contribution in [-0.2, 0) is 9.53 Å². The number of hydrogen-bond acceptors (Lipinski definition) is 6. The minimum absolute atomic E-state index is 0.0433. The van der Waals surface area contributed by atoms with Crippen molar-refractivity contribution in [1.29, 1.82) is 0 Å². The fourth-order valence-electron chi connectivity index (χ4n) is 3.23. The summed E-state index contributed by atoms with van der Waals surface area (Å²) in [6, 6.07) is 2.30. The van der Waals surface area contributed by atoms with Crippen molar-refractivity contribution in [2.75, 3.05) is 26.3 Å². The highest BCUT2D eigenvalue weighted by Gasteiger charge is 2.43. The number of carboxylic acids is 1. The Kier molecular flexibility index (Phi) is 4.31. The van der Waals surface area contributed by atoms with E-state index in [0.29, 0.717) is 25.8 Å². The summed E-state index contributed by atoms with van der Waals surface area (Å²) in [6.07, 6.45) is 5.25. The molecule has 1 aromatic heterocycles. The zero-order valence-electron chi connectivity index (χ0n) is 11.7. The van der Waals surface area contributed by atoms with Gasteiger partial charge in [-0.25, -0.2) is 9.97 Å². The Balaban J connectivity index is 1.58. The van der Waals surface area contributed by atoms with Gasteiger partial charge in [0, 0.05) is 30.9 Å². The Bertz CT molecular complexity index is 484. The van der Waals surface area contributed by atoms with Crippen LogP contribution in [0.1, 0.15) is 12.8 Å². The van der Waals surface area contributed by atoms with E-state index in [0.717, 1.165) is 12.8 Å². The topological polar surface area (TPSA) is 84.8 Å². The van der Waals surface area contributed by atoms with Gasteiger partial charge in [-0.1, -0.05) is 0 Å². The van der Waals surface area contributed by atoms with Crippen LogP contribution in [0.25, 0.3) is 0 Å². The summed E-state index contributed by atoms with van der Waals surface area (Å²) in [5.41, 5.74) is 0. The van der Waals surface area contributed by atoms with E-state index in [9.17, 15) is 4.79 Å². The fourth-order valence-corrected chi connectivity index (χ4v) is 3.23. The van der Waals surface area contributed by atoms with E-state index in [-0.39, 0.29) is 24.6 Å². The Labute approximate surface area is 122 Å². The lowest BCUT2D eigenvalue weighted by Gasteiger charge is -2.38. The van der Waals surface area contributed by atoms with Gasteiger partial charge in [0.2, 0.25) is 0 Å². The molecule has 0 spiro atoms. The molecule has 3 rings (SSSR count). The monoisotopic (exact) mass is 293 g/mol. The highest BCUT2D eigenvalue weighted by atomic mass is 16.5. The van der Waals surface area contributed by atoms with E-state index in [1.54, 1.807) is 18.5 Å². The maximum atomic E-state index is 10.9. The molecule has 7 heteroatoms. The Morgan fingerprint density at radius 1 is 1.43 bits per heavy atom. The minimum atomic E-state index is -0.784. The molecule has 7 nitrogen and oxygen atoms in total. The van der Waals surface area contributed by atoms with Crippen molar-refractivity contribution in [1.82, 2.24) is 14.9 Å². The van der Waals surface area contributed by atoms with E-state index in [1.165, 1.54) is 0 Å². The van der Waals surface area contributed by atoms with Gasteiger partial charge in [-0.2, -0.15) is 0 Å². The number of carbonyl (C=O) groups is 1. The predicted octanol–water partition coefficient (Wildman–Crippen LogP) is 0.419. The van der Waals surface area contributed by atoms with Crippen molar-refractivity contribution in [2.45, 2.75) is 25.0 Å². The van der Waals surface area contributed by atoms with Crippen LogP contribution >= 0.6 is 0 Å². The van der Waals surface area contributed by atoms with Gasteiger partial charge >= 0.3 is 12.0 Å². The van der Waals surface area contributed by atoms with Crippen molar-refractivity contribution in [3.63, 3.8) is 0 Å². The third-order valence-electron chi connectivity index (χ3n) is 4.14. The van der Waals surface area contributed by atoms with E-state index in [2.05, 4.69) is 9.97 Å². The largest absolute Gasteiger partial charge is 0.480 e. The van der Waals surface area contributed by atoms with Crippen molar-refractivity contribution < 1.29 is 19.4 Å². The molecular formula is C14H19N3O4. The summed E-state index contributed by atoms with van der Waals surface area (Å²) < 4.78 is 11.5. The Morgan fingerprint density at radius 3 is 3.00 bits per heavy atom. The second-order valence-corrected chi connectivity index (χ2v) is 5.45. The third kappa shape index (κ3) is 3.30. The SMILES string of the molecule is O=C(O)CN1CCO[C@@H]2[C@H](COc3ncccn3)CC[C@H]21. The molecule has 0 radical (unpaired) electrons. The molecule has 21 heavy (non-hydrogen) atoms. The molecule has 1 aliphatic heterocycles. The maximum absolute atomic E-state index is 10.9. The van der Waals surface area contributed by atoms with E-state index in [4.69, 9.17) is 14.6 Å². The first-order valence-electron chi connectivity index (χ1n) is 7.21. The maximum Gasteiger partial charge on any atom is 0.317 e. The Hall–Kier alpha value is -1.73. The first-order chi connectivity index (χ1) is 10.2. The quantitative estimate of drug-likeness (QED) is 0.842. The van der Waals surface area contributed by atoms with Crippen molar-refractivity contribution in [3.8, 4) is 6.01 Å². The van der Waals surface area contributed by atoms with Crippen LogP contribution in [0.5, 0.6) is 6.01 Å². The van der Waals surface area contributed by atoms with Crippen molar-refractivity contribution in [2.24, 2.45) is 5.92 Å². The first kappa shape index (κ1) is 14.2. The molecule has 0 unspecified atom stereocenters. The number of nitrogens with zero attached hydrogens (tertiary/aromatic N) is 3. The molecular weight excluding hydrogens is 274 g/mol. The molecule has 0 bridgehead atoms. The highest BCUT2D eigenvalue weighted by Crippen LogP contribution is 2.34. The average molecular weight is 293 g/mol. The van der Waals surface area contributed by atoms with Gasteiger partial charge < -0.3 is 14.6 Å². The predicted molar refractivity (Wildman–Crippen MR) is 73.0 cm³/mol. The zero-order chi connectivity index (χ0) is 14.7. The van der Waals surface area contributed by atoms with Gasteiger partial charge in [-0.3, -0.25) is 9.69 Å². The van der Waals surface area contributed by atoms with Crippen molar-refractivity contribution in [3.05, 3.63) is 18.5 Å². The molecule has 114 valence electrons. The number of hydrogen-bond donors (Lipinski definition) is 1. The number of aromatic nitrogens is 2. The standard InChI is InChI=1S/C14H19N3O4/c18-12(19)8-17-6-7-20-13-10(2-3-11(13)17)9-21-14-15-4-1-5-16-14/h1,4-5,10-11,13H,2-3,6-9H2,(H,18,19)/t10-,11+,13+/m0/s1. The number of aliphatic carboxylic acids is 1. The molecule has 0 aromatic carbocycles. The molecule has 1 saturated heterocycles. The lowest BCUT2D eigenvalue weighted by Crippen LogP contribution is -2.52.